The summed E-state index contributed by atoms with van der Waals surface area (Å²) in [5, 5.41) is 8.21. The Labute approximate surface area is 253 Å². The first kappa shape index (κ1) is 32.2. The van der Waals surface area contributed by atoms with Gasteiger partial charge in [0.25, 0.3) is 11.8 Å². The molecule has 2 heterocycles. The van der Waals surface area contributed by atoms with Crippen LogP contribution >= 0.6 is 0 Å². The Bertz CT molecular complexity index is 1540. The predicted molar refractivity (Wildman–Crippen MR) is 158 cm³/mol. The van der Waals surface area contributed by atoms with E-state index >= 15 is 0 Å². The normalized spacial score (nSPS) is 18.0. The molecule has 234 valence electrons. The van der Waals surface area contributed by atoms with Gasteiger partial charge in [-0.25, -0.2) is 4.79 Å². The highest BCUT2D eigenvalue weighted by molar-refractivity contribution is 5.98. The standard InChI is InChI=1S/C23H25F3N2O4.C9H9NO2/c1-13-20(29)27-18-12-15(8-9-19(18)31-13)17(28-21(30)32-22(2,3)4)11-14-6-5-7-16(10-14)23(24,25)26;1-6-9(11)10-7-4-2-3-5-8(7)12-6/h5-10,12-13,17H,11H2,1-4H3,(H,27,29)(H,28,30);2-6H,1H3,(H,10,11). The van der Waals surface area contributed by atoms with Crippen LogP contribution in [0.5, 0.6) is 11.5 Å². The number of hydrogen-bond donors (Lipinski definition) is 3. The van der Waals surface area contributed by atoms with Gasteiger partial charge in [0.05, 0.1) is 23.0 Å². The number of alkyl halides is 3. The summed E-state index contributed by atoms with van der Waals surface area (Å²) in [7, 11) is 0. The number of halogens is 3. The average molecular weight is 614 g/mol. The molecule has 44 heavy (non-hydrogen) atoms. The van der Waals surface area contributed by atoms with Crippen LogP contribution in [0.3, 0.4) is 0 Å². The van der Waals surface area contributed by atoms with Crippen molar-refractivity contribution in [2.45, 2.75) is 71.1 Å². The van der Waals surface area contributed by atoms with E-state index in [0.717, 1.165) is 23.6 Å². The maximum Gasteiger partial charge on any atom is 0.416 e. The van der Waals surface area contributed by atoms with E-state index in [-0.39, 0.29) is 24.3 Å². The topological polar surface area (TPSA) is 115 Å². The number of benzene rings is 3. The number of carbonyl (C=O) groups is 3. The molecule has 3 aromatic carbocycles. The van der Waals surface area contributed by atoms with Crippen molar-refractivity contribution in [1.29, 1.82) is 0 Å². The molecule has 0 spiro atoms. The summed E-state index contributed by atoms with van der Waals surface area (Å²) in [6.45, 7) is 8.47. The summed E-state index contributed by atoms with van der Waals surface area (Å²) in [5.74, 6) is 0.804. The lowest BCUT2D eigenvalue weighted by Crippen LogP contribution is -2.36. The minimum absolute atomic E-state index is 0.0765. The molecular formula is C32H34F3N3O6. The first-order valence-corrected chi connectivity index (χ1v) is 13.9. The Kier molecular flexibility index (Phi) is 9.41. The highest BCUT2D eigenvalue weighted by Crippen LogP contribution is 2.34. The molecule has 12 heteroatoms. The molecule has 2 aliphatic rings. The number of ether oxygens (including phenoxy) is 3. The van der Waals surface area contributed by atoms with Crippen LogP contribution in [0, 0.1) is 0 Å². The van der Waals surface area contributed by atoms with Crippen molar-refractivity contribution < 1.29 is 41.8 Å². The number of amides is 3. The summed E-state index contributed by atoms with van der Waals surface area (Å²) in [4.78, 5) is 35.5. The van der Waals surface area contributed by atoms with Crippen LogP contribution in [0.2, 0.25) is 0 Å². The maximum absolute atomic E-state index is 13.1. The fraction of sp³-hybridized carbons (Fsp3) is 0.344. The quantitative estimate of drug-likeness (QED) is 0.304. The minimum Gasteiger partial charge on any atom is -0.479 e. The summed E-state index contributed by atoms with van der Waals surface area (Å²) in [6, 6.07) is 16.6. The van der Waals surface area contributed by atoms with Crippen molar-refractivity contribution in [2.24, 2.45) is 0 Å². The van der Waals surface area contributed by atoms with Crippen LogP contribution in [0.15, 0.2) is 66.7 Å². The van der Waals surface area contributed by atoms with E-state index in [1.54, 1.807) is 58.9 Å². The number of nitrogens with one attached hydrogen (secondary N) is 3. The Morgan fingerprint density at radius 2 is 1.48 bits per heavy atom. The molecule has 2 aliphatic heterocycles. The largest absolute Gasteiger partial charge is 0.479 e. The third-order valence-corrected chi connectivity index (χ3v) is 6.54. The Hall–Kier alpha value is -4.74. The second kappa shape index (κ2) is 12.9. The summed E-state index contributed by atoms with van der Waals surface area (Å²) in [5.41, 5.74) is 0.605. The highest BCUT2D eigenvalue weighted by atomic mass is 19.4. The number of hydrogen-bond acceptors (Lipinski definition) is 6. The monoisotopic (exact) mass is 613 g/mol. The van der Waals surface area contributed by atoms with E-state index in [0.29, 0.717) is 22.6 Å². The van der Waals surface area contributed by atoms with Gasteiger partial charge in [0.2, 0.25) is 0 Å². The molecule has 0 saturated heterocycles. The van der Waals surface area contributed by atoms with E-state index in [1.807, 2.05) is 24.3 Å². The van der Waals surface area contributed by atoms with Gasteiger partial charge in [0.1, 0.15) is 17.1 Å². The van der Waals surface area contributed by atoms with Crippen molar-refractivity contribution in [3.8, 4) is 11.5 Å². The van der Waals surface area contributed by atoms with Gasteiger partial charge in [-0.2, -0.15) is 13.2 Å². The first-order chi connectivity index (χ1) is 20.6. The van der Waals surface area contributed by atoms with E-state index in [4.69, 9.17) is 14.2 Å². The van der Waals surface area contributed by atoms with Gasteiger partial charge in [-0.05, 0) is 82.5 Å². The van der Waals surface area contributed by atoms with Gasteiger partial charge in [-0.3, -0.25) is 9.59 Å². The lowest BCUT2D eigenvalue weighted by Gasteiger charge is -2.27. The highest BCUT2D eigenvalue weighted by Gasteiger charge is 2.31. The van der Waals surface area contributed by atoms with Crippen LogP contribution in [0.4, 0.5) is 29.3 Å². The summed E-state index contributed by atoms with van der Waals surface area (Å²) < 4.78 is 55.6. The van der Waals surface area contributed by atoms with Crippen molar-refractivity contribution in [1.82, 2.24) is 5.32 Å². The molecular weight excluding hydrogens is 579 g/mol. The second-order valence-corrected chi connectivity index (χ2v) is 11.4. The lowest BCUT2D eigenvalue weighted by atomic mass is 9.96. The Morgan fingerprint density at radius 3 is 2.11 bits per heavy atom. The fourth-order valence-corrected chi connectivity index (χ4v) is 4.41. The van der Waals surface area contributed by atoms with Gasteiger partial charge in [0.15, 0.2) is 12.2 Å². The molecule has 0 radical (unpaired) electrons. The molecule has 3 aromatic rings. The van der Waals surface area contributed by atoms with Crippen molar-refractivity contribution in [3.63, 3.8) is 0 Å². The second-order valence-electron chi connectivity index (χ2n) is 11.4. The van der Waals surface area contributed by atoms with E-state index in [9.17, 15) is 27.6 Å². The molecule has 0 bridgehead atoms. The zero-order chi connectivity index (χ0) is 32.2. The SMILES string of the molecule is CC1Oc2ccc(C(Cc3cccc(C(F)(F)F)c3)NC(=O)OC(C)(C)C)cc2NC1=O.CC1Oc2ccccc2NC1=O. The molecule has 9 nitrogen and oxygen atoms in total. The molecule has 3 amide bonds. The number of para-hydroxylation sites is 2. The minimum atomic E-state index is -4.48. The van der Waals surface area contributed by atoms with Gasteiger partial charge in [-0.15, -0.1) is 0 Å². The summed E-state index contributed by atoms with van der Waals surface area (Å²) in [6.07, 6.45) is -6.14. The molecule has 3 unspecified atom stereocenters. The fourth-order valence-electron chi connectivity index (χ4n) is 4.41. The van der Waals surface area contributed by atoms with Crippen LogP contribution < -0.4 is 25.4 Å². The third-order valence-electron chi connectivity index (χ3n) is 6.54. The van der Waals surface area contributed by atoms with E-state index in [2.05, 4.69) is 16.0 Å². The first-order valence-electron chi connectivity index (χ1n) is 13.9. The molecule has 3 N–H and O–H groups in total. The van der Waals surface area contributed by atoms with Crippen LogP contribution in [0.1, 0.15) is 57.4 Å². The molecule has 5 rings (SSSR count). The lowest BCUT2D eigenvalue weighted by molar-refractivity contribution is -0.137. The van der Waals surface area contributed by atoms with Crippen LogP contribution in [-0.4, -0.2) is 35.7 Å². The third kappa shape index (κ3) is 8.42. The van der Waals surface area contributed by atoms with Gasteiger partial charge >= 0.3 is 12.3 Å². The van der Waals surface area contributed by atoms with Gasteiger partial charge in [0, 0.05) is 0 Å². The Morgan fingerprint density at radius 1 is 0.864 bits per heavy atom. The average Bonchev–Trinajstić information content (AvgIpc) is 2.93. The zero-order valence-corrected chi connectivity index (χ0v) is 24.9. The van der Waals surface area contributed by atoms with Crippen molar-refractivity contribution in [2.75, 3.05) is 10.6 Å². The van der Waals surface area contributed by atoms with Crippen molar-refractivity contribution in [3.05, 3.63) is 83.4 Å². The molecule has 0 aliphatic carbocycles. The number of fused-ring (bicyclic) bond motifs is 2. The molecule has 3 atom stereocenters. The predicted octanol–water partition coefficient (Wildman–Crippen LogP) is 6.64. The van der Waals surface area contributed by atoms with E-state index < -0.39 is 35.6 Å². The smallest absolute Gasteiger partial charge is 0.416 e. The molecule has 0 fully saturated rings. The Balaban J connectivity index is 0.000000305. The molecule has 0 saturated carbocycles. The number of rotatable bonds is 4. The number of carbonyl (C=O) groups excluding carboxylic acids is 3. The molecule has 0 aromatic heterocycles. The van der Waals surface area contributed by atoms with Gasteiger partial charge < -0.3 is 30.2 Å². The van der Waals surface area contributed by atoms with E-state index in [1.165, 1.54) is 6.07 Å². The van der Waals surface area contributed by atoms with Crippen LogP contribution in [0.25, 0.3) is 0 Å². The van der Waals surface area contributed by atoms with Crippen LogP contribution in [-0.2, 0) is 26.9 Å². The maximum atomic E-state index is 13.1. The zero-order valence-electron chi connectivity index (χ0n) is 24.9. The summed E-state index contributed by atoms with van der Waals surface area (Å²) >= 11 is 0. The van der Waals surface area contributed by atoms with Crippen molar-refractivity contribution >= 4 is 29.3 Å². The number of anilines is 2. The number of alkyl carbamates (subject to hydrolysis) is 1. The van der Waals surface area contributed by atoms with Gasteiger partial charge in [-0.1, -0.05) is 36.4 Å².